The Bertz CT molecular complexity index is 614. The fourth-order valence-corrected chi connectivity index (χ4v) is 2.22. The van der Waals surface area contributed by atoms with Gasteiger partial charge in [-0.15, -0.1) is 12.4 Å². The molecule has 2 aromatic rings. The second kappa shape index (κ2) is 8.56. The number of nitrogens with two attached hydrogens (primary N) is 1. The third-order valence-electron chi connectivity index (χ3n) is 3.62. The molecule has 0 bridgehead atoms. The summed E-state index contributed by atoms with van der Waals surface area (Å²) in [7, 11) is 3.98. The lowest BCUT2D eigenvalue weighted by molar-refractivity contribution is -0.119. The summed E-state index contributed by atoms with van der Waals surface area (Å²) in [5.41, 5.74) is 8.71. The van der Waals surface area contributed by atoms with E-state index in [0.717, 1.165) is 17.1 Å². The zero-order chi connectivity index (χ0) is 16.1. The molecule has 2 rings (SSSR count). The van der Waals surface area contributed by atoms with Crippen molar-refractivity contribution in [3.8, 4) is 0 Å². The van der Waals surface area contributed by atoms with Crippen molar-refractivity contribution in [2.75, 3.05) is 23.9 Å². The summed E-state index contributed by atoms with van der Waals surface area (Å²) in [4.78, 5) is 16.4. The van der Waals surface area contributed by atoms with E-state index < -0.39 is 6.04 Å². The fourth-order valence-electron chi connectivity index (χ4n) is 2.22. The standard InChI is InChI=1S/C18H23N3O.ClH/c1-4-17(19)18(22)21(15-8-6-5-7-9-15)16-12-10-14(11-13-16)20(2)3;/h5-13,17H,4,19H2,1-3H3;1H. The highest BCUT2D eigenvalue weighted by molar-refractivity contribution is 6.03. The van der Waals surface area contributed by atoms with E-state index in [1.807, 2.05) is 80.5 Å². The number of nitrogens with zero attached hydrogens (tertiary/aromatic N) is 2. The number of amides is 1. The van der Waals surface area contributed by atoms with E-state index in [2.05, 4.69) is 0 Å². The van der Waals surface area contributed by atoms with Gasteiger partial charge in [-0.1, -0.05) is 25.1 Å². The van der Waals surface area contributed by atoms with E-state index in [-0.39, 0.29) is 18.3 Å². The predicted molar refractivity (Wildman–Crippen MR) is 99.9 cm³/mol. The van der Waals surface area contributed by atoms with Crippen LogP contribution in [0.25, 0.3) is 0 Å². The number of anilines is 3. The van der Waals surface area contributed by atoms with Crippen molar-refractivity contribution in [1.82, 2.24) is 0 Å². The Kier molecular flexibility index (Phi) is 7.07. The number of carbonyl (C=O) groups excluding carboxylic acids is 1. The molecule has 0 aliphatic carbocycles. The van der Waals surface area contributed by atoms with Crippen LogP contribution in [0.2, 0.25) is 0 Å². The van der Waals surface area contributed by atoms with E-state index >= 15 is 0 Å². The molecule has 0 spiro atoms. The molecule has 1 amide bonds. The van der Waals surface area contributed by atoms with Gasteiger partial charge in [-0.05, 0) is 42.8 Å². The third-order valence-corrected chi connectivity index (χ3v) is 3.62. The summed E-state index contributed by atoms with van der Waals surface area (Å²) >= 11 is 0. The minimum atomic E-state index is -0.506. The minimum absolute atomic E-state index is 0. The maximum Gasteiger partial charge on any atom is 0.248 e. The maximum atomic E-state index is 12.7. The average Bonchev–Trinajstić information content (AvgIpc) is 2.55. The highest BCUT2D eigenvalue weighted by atomic mass is 35.5. The molecule has 2 N–H and O–H groups in total. The van der Waals surface area contributed by atoms with Crippen molar-refractivity contribution in [3.63, 3.8) is 0 Å². The number of halogens is 1. The first-order valence-corrected chi connectivity index (χ1v) is 7.46. The van der Waals surface area contributed by atoms with Gasteiger partial charge in [-0.2, -0.15) is 0 Å². The first-order valence-electron chi connectivity index (χ1n) is 7.46. The first-order chi connectivity index (χ1) is 10.5. The summed E-state index contributed by atoms with van der Waals surface area (Å²) < 4.78 is 0. The highest BCUT2D eigenvalue weighted by Gasteiger charge is 2.22. The number of rotatable bonds is 5. The van der Waals surface area contributed by atoms with Gasteiger partial charge in [0.25, 0.3) is 0 Å². The summed E-state index contributed by atoms with van der Waals surface area (Å²) in [6, 6.07) is 17.0. The van der Waals surface area contributed by atoms with Gasteiger partial charge < -0.3 is 10.6 Å². The zero-order valence-electron chi connectivity index (χ0n) is 13.8. The third kappa shape index (κ3) is 4.47. The van der Waals surface area contributed by atoms with Crippen LogP contribution in [0.15, 0.2) is 54.6 Å². The van der Waals surface area contributed by atoms with Crippen molar-refractivity contribution in [3.05, 3.63) is 54.6 Å². The Balaban J connectivity index is 0.00000264. The Labute approximate surface area is 144 Å². The number of carbonyl (C=O) groups is 1. The molecule has 0 fully saturated rings. The Morgan fingerprint density at radius 3 is 1.91 bits per heavy atom. The van der Waals surface area contributed by atoms with E-state index in [0.29, 0.717) is 6.42 Å². The summed E-state index contributed by atoms with van der Waals surface area (Å²) in [5.74, 6) is -0.0914. The van der Waals surface area contributed by atoms with Gasteiger partial charge in [0, 0.05) is 31.2 Å². The Morgan fingerprint density at radius 2 is 1.43 bits per heavy atom. The smallest absolute Gasteiger partial charge is 0.248 e. The minimum Gasteiger partial charge on any atom is -0.378 e. The molecular weight excluding hydrogens is 310 g/mol. The molecule has 0 aliphatic rings. The van der Waals surface area contributed by atoms with Crippen LogP contribution in [-0.2, 0) is 4.79 Å². The lowest BCUT2D eigenvalue weighted by atomic mass is 10.1. The zero-order valence-corrected chi connectivity index (χ0v) is 14.6. The second-order valence-electron chi connectivity index (χ2n) is 5.43. The van der Waals surface area contributed by atoms with Gasteiger partial charge in [-0.3, -0.25) is 9.69 Å². The average molecular weight is 334 g/mol. The summed E-state index contributed by atoms with van der Waals surface area (Å²) in [5, 5.41) is 0. The SMILES string of the molecule is CCC(N)C(=O)N(c1ccccc1)c1ccc(N(C)C)cc1.Cl. The molecule has 2 aromatic carbocycles. The molecule has 0 heterocycles. The summed E-state index contributed by atoms with van der Waals surface area (Å²) in [6.45, 7) is 1.92. The topological polar surface area (TPSA) is 49.6 Å². The monoisotopic (exact) mass is 333 g/mol. The lowest BCUT2D eigenvalue weighted by Gasteiger charge is -2.26. The number of benzene rings is 2. The van der Waals surface area contributed by atoms with Crippen molar-refractivity contribution in [2.45, 2.75) is 19.4 Å². The van der Waals surface area contributed by atoms with Gasteiger partial charge >= 0.3 is 0 Å². The van der Waals surface area contributed by atoms with Gasteiger partial charge in [0.1, 0.15) is 0 Å². The molecule has 0 saturated carbocycles. The van der Waals surface area contributed by atoms with E-state index in [1.165, 1.54) is 0 Å². The van der Waals surface area contributed by atoms with Gasteiger partial charge in [0.15, 0.2) is 0 Å². The molecular formula is C18H24ClN3O. The van der Waals surface area contributed by atoms with Crippen molar-refractivity contribution in [1.29, 1.82) is 0 Å². The second-order valence-corrected chi connectivity index (χ2v) is 5.43. The molecule has 0 aromatic heterocycles. The van der Waals surface area contributed by atoms with Crippen molar-refractivity contribution >= 4 is 35.4 Å². The number of para-hydroxylation sites is 1. The van der Waals surface area contributed by atoms with Crippen LogP contribution in [-0.4, -0.2) is 26.0 Å². The van der Waals surface area contributed by atoms with Crippen LogP contribution in [0, 0.1) is 0 Å². The van der Waals surface area contributed by atoms with Gasteiger partial charge in [0.2, 0.25) is 5.91 Å². The van der Waals surface area contributed by atoms with Gasteiger partial charge in [-0.25, -0.2) is 0 Å². The van der Waals surface area contributed by atoms with Crippen molar-refractivity contribution < 1.29 is 4.79 Å². The Morgan fingerprint density at radius 1 is 0.957 bits per heavy atom. The van der Waals surface area contributed by atoms with Crippen molar-refractivity contribution in [2.24, 2.45) is 5.73 Å². The molecule has 124 valence electrons. The molecule has 0 aliphatic heterocycles. The summed E-state index contributed by atoms with van der Waals surface area (Å²) in [6.07, 6.45) is 0.609. The van der Waals surface area contributed by atoms with Crippen LogP contribution in [0.5, 0.6) is 0 Å². The van der Waals surface area contributed by atoms with Crippen LogP contribution >= 0.6 is 12.4 Å². The van der Waals surface area contributed by atoms with E-state index in [4.69, 9.17) is 5.73 Å². The molecule has 1 atom stereocenters. The molecule has 4 nitrogen and oxygen atoms in total. The predicted octanol–water partition coefficient (Wildman–Crippen LogP) is 3.58. The van der Waals surface area contributed by atoms with Crippen LogP contribution in [0.3, 0.4) is 0 Å². The molecule has 0 saturated heterocycles. The highest BCUT2D eigenvalue weighted by Crippen LogP contribution is 2.28. The van der Waals surface area contributed by atoms with Crippen LogP contribution in [0.4, 0.5) is 17.1 Å². The normalized spacial score (nSPS) is 11.3. The first kappa shape index (κ1) is 19.0. The largest absolute Gasteiger partial charge is 0.378 e. The molecule has 1 unspecified atom stereocenters. The molecule has 23 heavy (non-hydrogen) atoms. The number of hydrogen-bond acceptors (Lipinski definition) is 3. The van der Waals surface area contributed by atoms with Gasteiger partial charge in [0.05, 0.1) is 6.04 Å². The maximum absolute atomic E-state index is 12.7. The molecule has 0 radical (unpaired) electrons. The quantitative estimate of drug-likeness (QED) is 0.910. The van der Waals surface area contributed by atoms with Crippen LogP contribution in [0.1, 0.15) is 13.3 Å². The van der Waals surface area contributed by atoms with Crippen LogP contribution < -0.4 is 15.5 Å². The lowest BCUT2D eigenvalue weighted by Crippen LogP contribution is -2.41. The number of hydrogen-bond donors (Lipinski definition) is 1. The molecule has 5 heteroatoms. The Hall–Kier alpha value is -2.04. The van der Waals surface area contributed by atoms with E-state index in [9.17, 15) is 4.79 Å². The van der Waals surface area contributed by atoms with E-state index in [1.54, 1.807) is 4.90 Å². The fraction of sp³-hybridized carbons (Fsp3) is 0.278.